The maximum absolute atomic E-state index is 11.3. The Morgan fingerprint density at radius 1 is 1.28 bits per heavy atom. The molecule has 1 saturated carbocycles. The van der Waals surface area contributed by atoms with E-state index < -0.39 is 10.0 Å². The van der Waals surface area contributed by atoms with E-state index in [9.17, 15) is 8.42 Å². The topological polar surface area (TPSA) is 96.6 Å². The first-order valence-corrected chi connectivity index (χ1v) is 10.9. The zero-order valence-electron chi connectivity index (χ0n) is 14.9. The number of guanidine groups is 1. The van der Waals surface area contributed by atoms with Crippen molar-refractivity contribution in [2.75, 3.05) is 13.1 Å². The van der Waals surface area contributed by atoms with Gasteiger partial charge in [-0.15, -0.1) is 35.3 Å². The lowest BCUT2D eigenvalue weighted by Gasteiger charge is -2.28. The zero-order chi connectivity index (χ0) is 17.6. The van der Waals surface area contributed by atoms with Crippen molar-refractivity contribution < 1.29 is 8.42 Å². The standard InChI is InChI=1S/C16H28N4O2S2.HI/c1-3-16(9-5-6-10-16)12-20-15(18-4-2)19-11-13-7-8-14(23-13)24(17,21)22;/h7-8H,3-6,9-12H2,1-2H3,(H2,17,21,22)(H2,18,19,20);1H. The third-order valence-electron chi connectivity index (χ3n) is 4.70. The molecule has 0 saturated heterocycles. The monoisotopic (exact) mass is 500 g/mol. The van der Waals surface area contributed by atoms with Crippen LogP contribution in [0, 0.1) is 5.41 Å². The Morgan fingerprint density at radius 3 is 2.48 bits per heavy atom. The Bertz CT molecular complexity index is 667. The average molecular weight is 500 g/mol. The average Bonchev–Trinajstić information content (AvgIpc) is 3.19. The number of rotatable bonds is 7. The normalized spacial score (nSPS) is 17.2. The van der Waals surface area contributed by atoms with Crippen LogP contribution in [0.15, 0.2) is 21.3 Å². The molecule has 0 aliphatic heterocycles. The molecule has 2 rings (SSSR count). The van der Waals surface area contributed by atoms with Crippen LogP contribution >= 0.6 is 35.3 Å². The molecule has 144 valence electrons. The number of halogens is 1. The number of aliphatic imine (C=N–C) groups is 1. The lowest BCUT2D eigenvalue weighted by atomic mass is 9.83. The lowest BCUT2D eigenvalue weighted by Crippen LogP contribution is -2.42. The summed E-state index contributed by atoms with van der Waals surface area (Å²) in [6.07, 6.45) is 6.36. The van der Waals surface area contributed by atoms with Gasteiger partial charge >= 0.3 is 0 Å². The Labute approximate surface area is 172 Å². The fourth-order valence-corrected chi connectivity index (χ4v) is 4.85. The van der Waals surface area contributed by atoms with Crippen molar-refractivity contribution in [1.82, 2.24) is 10.6 Å². The summed E-state index contributed by atoms with van der Waals surface area (Å²) in [4.78, 5) is 5.45. The predicted molar refractivity (Wildman–Crippen MR) is 115 cm³/mol. The van der Waals surface area contributed by atoms with E-state index in [2.05, 4.69) is 22.5 Å². The SMILES string of the molecule is CCNC(=NCc1ccc(S(N)(=O)=O)s1)NCC1(CC)CCCC1.I. The van der Waals surface area contributed by atoms with Gasteiger partial charge in [0, 0.05) is 18.0 Å². The Balaban J connectivity index is 0.00000312. The molecule has 6 nitrogen and oxygen atoms in total. The smallest absolute Gasteiger partial charge is 0.247 e. The van der Waals surface area contributed by atoms with Crippen molar-refractivity contribution in [3.8, 4) is 0 Å². The number of nitrogens with zero attached hydrogens (tertiary/aromatic N) is 1. The first kappa shape index (κ1) is 22.7. The zero-order valence-corrected chi connectivity index (χ0v) is 18.8. The van der Waals surface area contributed by atoms with Crippen molar-refractivity contribution in [3.63, 3.8) is 0 Å². The number of nitrogens with two attached hydrogens (primary N) is 1. The van der Waals surface area contributed by atoms with Gasteiger partial charge in [-0.2, -0.15) is 0 Å². The van der Waals surface area contributed by atoms with Crippen LogP contribution in [-0.2, 0) is 16.6 Å². The molecule has 1 aromatic rings. The molecule has 0 unspecified atom stereocenters. The van der Waals surface area contributed by atoms with E-state index in [0.717, 1.165) is 23.9 Å². The third kappa shape index (κ3) is 6.69. The van der Waals surface area contributed by atoms with Crippen molar-refractivity contribution in [2.24, 2.45) is 15.5 Å². The Hall–Kier alpha value is -0.390. The second-order valence-corrected chi connectivity index (χ2v) is 9.33. The first-order chi connectivity index (χ1) is 11.4. The van der Waals surface area contributed by atoms with E-state index in [1.165, 1.54) is 49.5 Å². The molecule has 25 heavy (non-hydrogen) atoms. The van der Waals surface area contributed by atoms with E-state index >= 15 is 0 Å². The highest BCUT2D eigenvalue weighted by Crippen LogP contribution is 2.40. The predicted octanol–water partition coefficient (Wildman–Crippen LogP) is 3.04. The summed E-state index contributed by atoms with van der Waals surface area (Å²) >= 11 is 1.17. The number of hydrogen-bond acceptors (Lipinski definition) is 4. The largest absolute Gasteiger partial charge is 0.357 e. The van der Waals surface area contributed by atoms with Crippen LogP contribution in [0.4, 0.5) is 0 Å². The molecule has 9 heteroatoms. The number of nitrogens with one attached hydrogen (secondary N) is 2. The van der Waals surface area contributed by atoms with Gasteiger partial charge in [-0.3, -0.25) is 0 Å². The fraction of sp³-hybridized carbons (Fsp3) is 0.688. The fourth-order valence-electron chi connectivity index (χ4n) is 3.15. The Kier molecular flexibility index (Phi) is 9.13. The van der Waals surface area contributed by atoms with Crippen molar-refractivity contribution in [1.29, 1.82) is 0 Å². The molecule has 0 radical (unpaired) electrons. The molecule has 0 amide bonds. The summed E-state index contributed by atoms with van der Waals surface area (Å²) in [5.41, 5.74) is 0.389. The van der Waals surface area contributed by atoms with Crippen LogP contribution in [0.5, 0.6) is 0 Å². The van der Waals surface area contributed by atoms with Gasteiger partial charge < -0.3 is 10.6 Å². The molecule has 1 aliphatic carbocycles. The summed E-state index contributed by atoms with van der Waals surface area (Å²) in [6, 6.07) is 3.30. The summed E-state index contributed by atoms with van der Waals surface area (Å²) in [5, 5.41) is 11.9. The summed E-state index contributed by atoms with van der Waals surface area (Å²) < 4.78 is 22.8. The number of thiophene rings is 1. The minimum atomic E-state index is -3.62. The molecule has 1 fully saturated rings. The van der Waals surface area contributed by atoms with Gasteiger partial charge in [-0.05, 0) is 43.7 Å². The molecular weight excluding hydrogens is 471 g/mol. The highest BCUT2D eigenvalue weighted by molar-refractivity contribution is 14.0. The van der Waals surface area contributed by atoms with Gasteiger partial charge in [0.15, 0.2) is 5.96 Å². The molecule has 1 aromatic heterocycles. The molecule has 0 aromatic carbocycles. The molecule has 1 aliphatic rings. The third-order valence-corrected chi connectivity index (χ3v) is 7.21. The van der Waals surface area contributed by atoms with E-state index in [1.807, 2.05) is 6.92 Å². The maximum Gasteiger partial charge on any atom is 0.247 e. The first-order valence-electron chi connectivity index (χ1n) is 8.52. The van der Waals surface area contributed by atoms with Crippen molar-refractivity contribution >= 4 is 51.3 Å². The van der Waals surface area contributed by atoms with Gasteiger partial charge in [0.25, 0.3) is 0 Å². The van der Waals surface area contributed by atoms with Gasteiger partial charge in [0.1, 0.15) is 4.21 Å². The van der Waals surface area contributed by atoms with Crippen molar-refractivity contribution in [3.05, 3.63) is 17.0 Å². The van der Waals surface area contributed by atoms with E-state index in [1.54, 1.807) is 6.07 Å². The van der Waals surface area contributed by atoms with Crippen LogP contribution in [-0.4, -0.2) is 27.5 Å². The number of hydrogen-bond donors (Lipinski definition) is 3. The maximum atomic E-state index is 11.3. The Morgan fingerprint density at radius 2 is 1.96 bits per heavy atom. The highest BCUT2D eigenvalue weighted by Gasteiger charge is 2.31. The van der Waals surface area contributed by atoms with Crippen molar-refractivity contribution in [2.45, 2.75) is 56.7 Å². The molecule has 0 spiro atoms. The lowest BCUT2D eigenvalue weighted by molar-refractivity contribution is 0.283. The molecule has 1 heterocycles. The van der Waals surface area contributed by atoms with Gasteiger partial charge in [0.2, 0.25) is 10.0 Å². The van der Waals surface area contributed by atoms with E-state index in [0.29, 0.717) is 12.0 Å². The van der Waals surface area contributed by atoms with E-state index in [4.69, 9.17) is 5.14 Å². The van der Waals surface area contributed by atoms with Crippen LogP contribution in [0.1, 0.15) is 50.8 Å². The quantitative estimate of drug-likeness (QED) is 0.305. The summed E-state index contributed by atoms with van der Waals surface area (Å²) in [6.45, 7) is 6.46. The minimum Gasteiger partial charge on any atom is -0.357 e. The van der Waals surface area contributed by atoms with Crippen LogP contribution in [0.3, 0.4) is 0 Å². The van der Waals surface area contributed by atoms with Gasteiger partial charge in [-0.1, -0.05) is 19.8 Å². The number of primary sulfonamides is 1. The summed E-state index contributed by atoms with van der Waals surface area (Å²) in [5.74, 6) is 0.780. The van der Waals surface area contributed by atoms with Crippen LogP contribution < -0.4 is 15.8 Å². The van der Waals surface area contributed by atoms with E-state index in [-0.39, 0.29) is 28.2 Å². The van der Waals surface area contributed by atoms with Crippen LogP contribution in [0.25, 0.3) is 0 Å². The molecular formula is C16H29IN4O2S2. The second kappa shape index (κ2) is 10.1. The molecule has 4 N–H and O–H groups in total. The highest BCUT2D eigenvalue weighted by atomic mass is 127. The van der Waals surface area contributed by atoms with Gasteiger partial charge in [-0.25, -0.2) is 18.5 Å². The van der Waals surface area contributed by atoms with Crippen LogP contribution in [0.2, 0.25) is 0 Å². The molecule has 0 bridgehead atoms. The number of sulfonamides is 1. The molecule has 0 atom stereocenters. The van der Waals surface area contributed by atoms with Gasteiger partial charge in [0.05, 0.1) is 6.54 Å². The summed E-state index contributed by atoms with van der Waals surface area (Å²) in [7, 11) is -3.62. The minimum absolute atomic E-state index is 0. The second-order valence-electron chi connectivity index (χ2n) is 6.38.